The number of nitrogens with zero attached hydrogens (tertiary/aromatic N) is 2. The summed E-state index contributed by atoms with van der Waals surface area (Å²) in [5.41, 5.74) is 1.80. The third-order valence-electron chi connectivity index (χ3n) is 4.79. The number of carbonyl (C=O) groups is 1. The second kappa shape index (κ2) is 5.76. The number of carboxylic acid groups (broad SMARTS) is 1. The largest absolute Gasteiger partial charge is 0.481 e. The summed E-state index contributed by atoms with van der Waals surface area (Å²) in [5, 5.41) is 9.06. The van der Waals surface area contributed by atoms with Gasteiger partial charge in [0.15, 0.2) is 11.5 Å². The number of aliphatic carboxylic acids is 1. The normalized spacial score (nSPS) is 17.7. The molecule has 1 saturated carbocycles. The highest BCUT2D eigenvalue weighted by molar-refractivity contribution is 5.81. The van der Waals surface area contributed by atoms with Crippen LogP contribution in [0.1, 0.15) is 50.3 Å². The zero-order chi connectivity index (χ0) is 15.8. The minimum atomic E-state index is -0.790. The van der Waals surface area contributed by atoms with Crippen LogP contribution in [-0.2, 0) is 11.3 Å². The predicted octanol–water partition coefficient (Wildman–Crippen LogP) is 3.29. The molecule has 122 valence electrons. The summed E-state index contributed by atoms with van der Waals surface area (Å²) in [6, 6.07) is 3.83. The molecule has 0 amide bonds. The lowest BCUT2D eigenvalue weighted by atomic mass is 9.88. The molecule has 1 aliphatic heterocycles. The zero-order valence-electron chi connectivity index (χ0n) is 13.0. The lowest BCUT2D eigenvalue weighted by Crippen LogP contribution is -2.14. The van der Waals surface area contributed by atoms with E-state index in [1.165, 1.54) is 19.3 Å². The van der Waals surface area contributed by atoms with Crippen molar-refractivity contribution in [2.75, 3.05) is 6.79 Å². The molecule has 6 nitrogen and oxygen atoms in total. The van der Waals surface area contributed by atoms with Gasteiger partial charge in [0.05, 0.1) is 17.5 Å². The van der Waals surface area contributed by atoms with Gasteiger partial charge in [0.1, 0.15) is 5.82 Å². The van der Waals surface area contributed by atoms with Gasteiger partial charge in [-0.25, -0.2) is 4.98 Å². The average molecular weight is 316 g/mol. The monoisotopic (exact) mass is 316 g/mol. The van der Waals surface area contributed by atoms with Crippen LogP contribution in [0.4, 0.5) is 0 Å². The first-order chi connectivity index (χ1) is 11.2. The van der Waals surface area contributed by atoms with Gasteiger partial charge in [-0.2, -0.15) is 0 Å². The third-order valence-corrected chi connectivity index (χ3v) is 4.79. The number of fused-ring (bicyclic) bond motifs is 2. The molecule has 1 aliphatic carbocycles. The molecule has 1 N–H and O–H groups in total. The number of ether oxygens (including phenoxy) is 2. The van der Waals surface area contributed by atoms with Crippen LogP contribution in [0.2, 0.25) is 0 Å². The molecule has 0 atom stereocenters. The van der Waals surface area contributed by atoms with Gasteiger partial charge in [-0.3, -0.25) is 4.79 Å². The number of carboxylic acids is 1. The van der Waals surface area contributed by atoms with Gasteiger partial charge in [0, 0.05) is 24.6 Å². The van der Waals surface area contributed by atoms with E-state index in [1.807, 2.05) is 12.1 Å². The molecule has 6 heteroatoms. The first kappa shape index (κ1) is 14.4. The fourth-order valence-corrected chi connectivity index (χ4v) is 3.65. The second-order valence-corrected chi connectivity index (χ2v) is 6.29. The van der Waals surface area contributed by atoms with E-state index in [0.717, 1.165) is 35.4 Å². The lowest BCUT2D eigenvalue weighted by molar-refractivity contribution is -0.137. The smallest absolute Gasteiger partial charge is 0.305 e. The van der Waals surface area contributed by atoms with Gasteiger partial charge in [-0.15, -0.1) is 0 Å². The maximum atomic E-state index is 11.0. The molecule has 2 aromatic rings. The van der Waals surface area contributed by atoms with E-state index >= 15 is 0 Å². The van der Waals surface area contributed by atoms with Crippen LogP contribution >= 0.6 is 0 Å². The molecule has 23 heavy (non-hydrogen) atoms. The minimum absolute atomic E-state index is 0.0968. The van der Waals surface area contributed by atoms with E-state index < -0.39 is 5.97 Å². The van der Waals surface area contributed by atoms with Crippen LogP contribution in [-0.4, -0.2) is 27.4 Å². The lowest BCUT2D eigenvalue weighted by Gasteiger charge is -2.22. The first-order valence-electron chi connectivity index (χ1n) is 8.24. The Morgan fingerprint density at radius 1 is 1.22 bits per heavy atom. The number of imidazole rings is 1. The molecule has 1 aromatic carbocycles. The van der Waals surface area contributed by atoms with Crippen molar-refractivity contribution >= 4 is 17.0 Å². The van der Waals surface area contributed by atoms with E-state index in [1.54, 1.807) is 0 Å². The van der Waals surface area contributed by atoms with Crippen LogP contribution < -0.4 is 9.47 Å². The molecular formula is C17H20N2O4. The average Bonchev–Trinajstić information content (AvgIpc) is 3.15. The Hall–Kier alpha value is -2.24. The topological polar surface area (TPSA) is 73.6 Å². The van der Waals surface area contributed by atoms with E-state index in [0.29, 0.717) is 18.2 Å². The highest BCUT2D eigenvalue weighted by Crippen LogP contribution is 2.39. The van der Waals surface area contributed by atoms with Gasteiger partial charge in [-0.05, 0) is 12.8 Å². The van der Waals surface area contributed by atoms with Crippen LogP contribution in [0.5, 0.6) is 11.5 Å². The van der Waals surface area contributed by atoms with E-state index in [2.05, 4.69) is 4.57 Å². The Bertz CT molecular complexity index is 747. The summed E-state index contributed by atoms with van der Waals surface area (Å²) in [6.07, 6.45) is 6.07. The molecule has 2 aliphatic rings. The van der Waals surface area contributed by atoms with Crippen molar-refractivity contribution in [3.8, 4) is 11.5 Å². The molecule has 0 saturated heterocycles. The SMILES string of the molecule is O=C(O)CCn1c(C2CCCCC2)nc2cc3c(cc21)OCO3. The third kappa shape index (κ3) is 2.62. The van der Waals surface area contributed by atoms with Crippen molar-refractivity contribution in [3.05, 3.63) is 18.0 Å². The summed E-state index contributed by atoms with van der Waals surface area (Å²) in [6.45, 7) is 0.670. The second-order valence-electron chi connectivity index (χ2n) is 6.29. The standard InChI is InChI=1S/C17H20N2O4/c20-16(21)6-7-19-13-9-15-14(22-10-23-15)8-12(13)18-17(19)11-4-2-1-3-5-11/h8-9,11H,1-7,10H2,(H,20,21). The molecule has 0 bridgehead atoms. The number of aromatic nitrogens is 2. The van der Waals surface area contributed by atoms with Crippen LogP contribution in [0.15, 0.2) is 12.1 Å². The Balaban J connectivity index is 1.79. The van der Waals surface area contributed by atoms with E-state index in [-0.39, 0.29) is 13.2 Å². The highest BCUT2D eigenvalue weighted by atomic mass is 16.7. The minimum Gasteiger partial charge on any atom is -0.481 e. The molecule has 1 aromatic heterocycles. The van der Waals surface area contributed by atoms with E-state index in [9.17, 15) is 4.79 Å². The summed E-state index contributed by atoms with van der Waals surface area (Å²) in [7, 11) is 0. The number of hydrogen-bond acceptors (Lipinski definition) is 4. The summed E-state index contributed by atoms with van der Waals surface area (Å²) < 4.78 is 13.0. The van der Waals surface area contributed by atoms with Crippen LogP contribution in [0, 0.1) is 0 Å². The van der Waals surface area contributed by atoms with Crippen molar-refractivity contribution in [3.63, 3.8) is 0 Å². The van der Waals surface area contributed by atoms with Crippen molar-refractivity contribution in [1.29, 1.82) is 0 Å². The summed E-state index contributed by atoms with van der Waals surface area (Å²) in [4.78, 5) is 15.9. The Labute approximate surface area is 134 Å². The number of rotatable bonds is 4. The zero-order valence-corrected chi connectivity index (χ0v) is 13.0. The van der Waals surface area contributed by atoms with Gasteiger partial charge in [0.2, 0.25) is 6.79 Å². The van der Waals surface area contributed by atoms with Crippen molar-refractivity contribution in [2.45, 2.75) is 51.0 Å². The Kier molecular flexibility index (Phi) is 3.59. The number of aryl methyl sites for hydroxylation is 1. The quantitative estimate of drug-likeness (QED) is 0.937. The summed E-state index contributed by atoms with van der Waals surface area (Å²) in [5.74, 6) is 2.08. The molecule has 4 rings (SSSR count). The molecule has 0 radical (unpaired) electrons. The van der Waals surface area contributed by atoms with Crippen LogP contribution in [0.25, 0.3) is 11.0 Å². The fraction of sp³-hybridized carbons (Fsp3) is 0.529. The van der Waals surface area contributed by atoms with Crippen molar-refractivity contribution in [2.24, 2.45) is 0 Å². The molecular weight excluding hydrogens is 296 g/mol. The van der Waals surface area contributed by atoms with Crippen LogP contribution in [0.3, 0.4) is 0 Å². The van der Waals surface area contributed by atoms with Gasteiger partial charge >= 0.3 is 5.97 Å². The molecule has 0 unspecified atom stereocenters. The Morgan fingerprint density at radius 3 is 2.70 bits per heavy atom. The van der Waals surface area contributed by atoms with E-state index in [4.69, 9.17) is 19.6 Å². The van der Waals surface area contributed by atoms with Gasteiger partial charge in [0.25, 0.3) is 0 Å². The Morgan fingerprint density at radius 2 is 1.96 bits per heavy atom. The van der Waals surface area contributed by atoms with Crippen molar-refractivity contribution in [1.82, 2.24) is 9.55 Å². The number of benzene rings is 1. The fourth-order valence-electron chi connectivity index (χ4n) is 3.65. The maximum Gasteiger partial charge on any atom is 0.305 e. The predicted molar refractivity (Wildman–Crippen MR) is 83.9 cm³/mol. The first-order valence-corrected chi connectivity index (χ1v) is 8.24. The molecule has 1 fully saturated rings. The summed E-state index contributed by atoms with van der Waals surface area (Å²) >= 11 is 0. The van der Waals surface area contributed by atoms with Crippen molar-refractivity contribution < 1.29 is 19.4 Å². The van der Waals surface area contributed by atoms with Gasteiger partial charge in [-0.1, -0.05) is 19.3 Å². The maximum absolute atomic E-state index is 11.0. The molecule has 2 heterocycles. The molecule has 0 spiro atoms. The van der Waals surface area contributed by atoms with Gasteiger partial charge < -0.3 is 19.1 Å². The highest BCUT2D eigenvalue weighted by Gasteiger charge is 2.25. The number of hydrogen-bond donors (Lipinski definition) is 1.